The number of nitrogens with zero attached hydrogens (tertiary/aromatic N) is 3. The van der Waals surface area contributed by atoms with Gasteiger partial charge in [-0.2, -0.15) is 0 Å². The fraction of sp³-hybridized carbons (Fsp3) is 0. The first kappa shape index (κ1) is 9.72. The molecule has 0 N–H and O–H groups in total. The molecule has 0 aliphatic rings. The zero-order valence-electron chi connectivity index (χ0n) is 8.95. The molecule has 82 valence electrons. The lowest BCUT2D eigenvalue weighted by molar-refractivity contribution is 0.953. The minimum Gasteiger partial charge on any atom is -0.268 e. The van der Waals surface area contributed by atoms with Crippen LogP contribution in [0.1, 0.15) is 0 Å². The maximum atomic E-state index is 12.2. The molecule has 0 saturated carbocycles. The van der Waals surface area contributed by atoms with Gasteiger partial charge in [-0.1, -0.05) is 12.1 Å². The van der Waals surface area contributed by atoms with Crippen LogP contribution in [0.3, 0.4) is 0 Å². The maximum Gasteiger partial charge on any atom is 0.265 e. The van der Waals surface area contributed by atoms with Crippen LogP contribution in [0.15, 0.2) is 59.9 Å². The largest absolute Gasteiger partial charge is 0.268 e. The fourth-order valence-corrected chi connectivity index (χ4v) is 1.75. The summed E-state index contributed by atoms with van der Waals surface area (Å²) in [7, 11) is 0. The molecule has 0 atom stereocenters. The highest BCUT2D eigenvalue weighted by atomic mass is 16.1. The number of benzene rings is 1. The van der Waals surface area contributed by atoms with Crippen molar-refractivity contribution in [3.63, 3.8) is 0 Å². The van der Waals surface area contributed by atoms with Crippen LogP contribution in [-0.4, -0.2) is 14.5 Å². The molecule has 3 rings (SSSR count). The van der Waals surface area contributed by atoms with Crippen LogP contribution in [0.5, 0.6) is 0 Å². The van der Waals surface area contributed by atoms with Gasteiger partial charge in [-0.05, 0) is 24.3 Å². The van der Waals surface area contributed by atoms with E-state index in [-0.39, 0.29) is 5.56 Å². The molecule has 2 heterocycles. The van der Waals surface area contributed by atoms with Gasteiger partial charge >= 0.3 is 0 Å². The second kappa shape index (κ2) is 3.83. The Labute approximate surface area is 97.2 Å². The van der Waals surface area contributed by atoms with Crippen molar-refractivity contribution < 1.29 is 0 Å². The Morgan fingerprint density at radius 1 is 1.06 bits per heavy atom. The molecule has 0 aliphatic carbocycles. The van der Waals surface area contributed by atoms with Gasteiger partial charge in [-0.3, -0.25) is 14.3 Å². The fourth-order valence-electron chi connectivity index (χ4n) is 1.75. The number of fused-ring (bicyclic) bond motifs is 1. The molecule has 0 aliphatic heterocycles. The summed E-state index contributed by atoms with van der Waals surface area (Å²) in [5.41, 5.74) is 1.34. The second-order valence-corrected chi connectivity index (χ2v) is 3.65. The van der Waals surface area contributed by atoms with E-state index in [4.69, 9.17) is 0 Å². The van der Waals surface area contributed by atoms with Crippen molar-refractivity contribution in [1.29, 1.82) is 0 Å². The Bertz CT molecular complexity index is 719. The van der Waals surface area contributed by atoms with Gasteiger partial charge in [0.25, 0.3) is 5.56 Å². The van der Waals surface area contributed by atoms with Gasteiger partial charge in [0.05, 0.1) is 22.8 Å². The topological polar surface area (TPSA) is 47.8 Å². The van der Waals surface area contributed by atoms with Gasteiger partial charge in [-0.25, -0.2) is 4.98 Å². The van der Waals surface area contributed by atoms with E-state index in [0.717, 1.165) is 5.69 Å². The lowest BCUT2D eigenvalue weighted by Gasteiger charge is -2.05. The van der Waals surface area contributed by atoms with Crippen LogP contribution in [-0.2, 0) is 0 Å². The molecular formula is C13H9N3O. The number of rotatable bonds is 1. The third-order valence-electron chi connectivity index (χ3n) is 2.59. The Morgan fingerprint density at radius 3 is 2.76 bits per heavy atom. The highest BCUT2D eigenvalue weighted by Crippen LogP contribution is 2.07. The van der Waals surface area contributed by atoms with E-state index in [1.54, 1.807) is 24.5 Å². The molecule has 3 aromatic rings. The molecule has 1 aromatic carbocycles. The maximum absolute atomic E-state index is 12.2. The standard InChI is InChI=1S/C13H9N3O/c17-13-11-5-1-2-6-12(11)15-9-16(13)10-4-3-7-14-8-10/h1-9H. The van der Waals surface area contributed by atoms with E-state index in [1.807, 2.05) is 24.3 Å². The first-order valence-corrected chi connectivity index (χ1v) is 5.23. The number of para-hydroxylation sites is 1. The number of hydrogen-bond donors (Lipinski definition) is 0. The molecule has 0 spiro atoms. The summed E-state index contributed by atoms with van der Waals surface area (Å²) in [6.45, 7) is 0. The van der Waals surface area contributed by atoms with Crippen LogP contribution in [0.25, 0.3) is 16.6 Å². The minimum atomic E-state index is -0.0800. The first-order valence-electron chi connectivity index (χ1n) is 5.23. The van der Waals surface area contributed by atoms with E-state index in [1.165, 1.54) is 10.9 Å². The van der Waals surface area contributed by atoms with Gasteiger partial charge in [0.2, 0.25) is 0 Å². The van der Waals surface area contributed by atoms with E-state index >= 15 is 0 Å². The molecule has 4 heteroatoms. The molecule has 0 saturated heterocycles. The minimum absolute atomic E-state index is 0.0800. The molecule has 0 fully saturated rings. The van der Waals surface area contributed by atoms with Gasteiger partial charge in [0, 0.05) is 6.20 Å². The molecule has 2 aromatic heterocycles. The highest BCUT2D eigenvalue weighted by Gasteiger charge is 2.04. The summed E-state index contributed by atoms with van der Waals surface area (Å²) in [4.78, 5) is 20.5. The van der Waals surface area contributed by atoms with Gasteiger partial charge in [-0.15, -0.1) is 0 Å². The Morgan fingerprint density at radius 2 is 1.94 bits per heavy atom. The Kier molecular flexibility index (Phi) is 2.19. The first-order chi connectivity index (χ1) is 8.36. The van der Waals surface area contributed by atoms with Crippen LogP contribution >= 0.6 is 0 Å². The third-order valence-corrected chi connectivity index (χ3v) is 2.59. The monoisotopic (exact) mass is 223 g/mol. The summed E-state index contributed by atoms with van der Waals surface area (Å²) in [5.74, 6) is 0. The van der Waals surface area contributed by atoms with Crippen molar-refractivity contribution in [2.45, 2.75) is 0 Å². The van der Waals surface area contributed by atoms with Crippen molar-refractivity contribution >= 4 is 10.9 Å². The summed E-state index contributed by atoms with van der Waals surface area (Å²) in [6, 6.07) is 10.9. The van der Waals surface area contributed by atoms with E-state index in [9.17, 15) is 4.79 Å². The van der Waals surface area contributed by atoms with Crippen LogP contribution in [0.2, 0.25) is 0 Å². The second-order valence-electron chi connectivity index (χ2n) is 3.65. The smallest absolute Gasteiger partial charge is 0.265 e. The Hall–Kier alpha value is -2.49. The SMILES string of the molecule is O=c1c2ccccc2ncn1-c1cccnc1. The zero-order chi connectivity index (χ0) is 11.7. The normalized spacial score (nSPS) is 10.6. The molecule has 4 nitrogen and oxygen atoms in total. The van der Waals surface area contributed by atoms with E-state index in [0.29, 0.717) is 10.9 Å². The van der Waals surface area contributed by atoms with Crippen LogP contribution in [0, 0.1) is 0 Å². The Balaban J connectivity index is 2.33. The predicted octanol–water partition coefficient (Wildman–Crippen LogP) is 1.78. The van der Waals surface area contributed by atoms with Crippen molar-refractivity contribution in [1.82, 2.24) is 14.5 Å². The quantitative estimate of drug-likeness (QED) is 0.631. The van der Waals surface area contributed by atoms with Crippen LogP contribution < -0.4 is 5.56 Å². The molecule has 17 heavy (non-hydrogen) atoms. The molecular weight excluding hydrogens is 214 g/mol. The average molecular weight is 223 g/mol. The van der Waals surface area contributed by atoms with Gasteiger partial charge < -0.3 is 0 Å². The predicted molar refractivity (Wildman–Crippen MR) is 65.1 cm³/mol. The lowest BCUT2D eigenvalue weighted by Crippen LogP contribution is -2.18. The van der Waals surface area contributed by atoms with Crippen molar-refractivity contribution in [2.75, 3.05) is 0 Å². The summed E-state index contributed by atoms with van der Waals surface area (Å²) < 4.78 is 1.50. The number of pyridine rings is 1. The van der Waals surface area contributed by atoms with Crippen molar-refractivity contribution in [3.05, 3.63) is 65.5 Å². The number of hydrogen-bond acceptors (Lipinski definition) is 3. The van der Waals surface area contributed by atoms with Crippen molar-refractivity contribution in [3.8, 4) is 5.69 Å². The number of aromatic nitrogens is 3. The van der Waals surface area contributed by atoms with E-state index < -0.39 is 0 Å². The summed E-state index contributed by atoms with van der Waals surface area (Å²) in [6.07, 6.45) is 4.84. The average Bonchev–Trinajstić information content (AvgIpc) is 2.40. The molecule has 0 amide bonds. The summed E-state index contributed by atoms with van der Waals surface area (Å²) in [5, 5.41) is 0.610. The molecule has 0 unspecified atom stereocenters. The molecule has 0 bridgehead atoms. The third kappa shape index (κ3) is 1.59. The zero-order valence-corrected chi connectivity index (χ0v) is 8.95. The van der Waals surface area contributed by atoms with Gasteiger partial charge in [0.1, 0.15) is 6.33 Å². The highest BCUT2D eigenvalue weighted by molar-refractivity contribution is 5.77. The van der Waals surface area contributed by atoms with E-state index in [2.05, 4.69) is 9.97 Å². The van der Waals surface area contributed by atoms with Crippen LogP contribution in [0.4, 0.5) is 0 Å². The van der Waals surface area contributed by atoms with Crippen molar-refractivity contribution in [2.24, 2.45) is 0 Å². The van der Waals surface area contributed by atoms with Gasteiger partial charge in [0.15, 0.2) is 0 Å². The lowest BCUT2D eigenvalue weighted by atomic mass is 10.2. The molecule has 0 radical (unpaired) electrons. The summed E-state index contributed by atoms with van der Waals surface area (Å²) >= 11 is 0.